The highest BCUT2D eigenvalue weighted by Crippen LogP contribution is 2.25. The molecule has 9 heavy (non-hydrogen) atoms. The van der Waals surface area contributed by atoms with E-state index >= 15 is 0 Å². The molecule has 0 saturated carbocycles. The van der Waals surface area contributed by atoms with E-state index in [1.165, 1.54) is 11.3 Å². The minimum Gasteiger partial charge on any atom is -0.498 e. The Kier molecular flexibility index (Phi) is 1.53. The van der Waals surface area contributed by atoms with Crippen LogP contribution in [0.5, 0.6) is 5.06 Å². The highest BCUT2D eigenvalue weighted by Gasteiger charge is 2.01. The molecule has 48 valence electrons. The second-order valence-electron chi connectivity index (χ2n) is 1.63. The molecule has 0 aromatic carbocycles. The van der Waals surface area contributed by atoms with E-state index in [9.17, 15) is 0 Å². The third-order valence-corrected chi connectivity index (χ3v) is 1.72. The van der Waals surface area contributed by atoms with Crippen LogP contribution in [0, 0.1) is 6.92 Å². The molecule has 0 fully saturated rings. The average Bonchev–Trinajstić information content (AvgIpc) is 2.10. The van der Waals surface area contributed by atoms with E-state index in [4.69, 9.17) is 5.11 Å². The van der Waals surface area contributed by atoms with Crippen LogP contribution in [0.25, 0.3) is 6.08 Å². The van der Waals surface area contributed by atoms with Crippen molar-refractivity contribution in [3.8, 4) is 5.06 Å². The van der Waals surface area contributed by atoms with Crippen molar-refractivity contribution in [1.29, 1.82) is 0 Å². The lowest BCUT2D eigenvalue weighted by atomic mass is 10.5. The predicted molar refractivity (Wildman–Crippen MR) is 38.6 cm³/mol. The molecule has 2 nitrogen and oxygen atoms in total. The summed E-state index contributed by atoms with van der Waals surface area (Å²) in [4.78, 5) is 3.98. The van der Waals surface area contributed by atoms with E-state index < -0.39 is 0 Å². The lowest BCUT2D eigenvalue weighted by molar-refractivity contribution is 0.488. The fraction of sp³-hybridized carbons (Fsp3) is 0.167. The summed E-state index contributed by atoms with van der Waals surface area (Å²) in [5, 5.41) is 10.1. The van der Waals surface area contributed by atoms with Crippen LogP contribution < -0.4 is 0 Å². The zero-order valence-corrected chi connectivity index (χ0v) is 5.90. The van der Waals surface area contributed by atoms with Crippen molar-refractivity contribution in [2.24, 2.45) is 0 Å². The summed E-state index contributed by atoms with van der Waals surface area (Å²) < 4.78 is 0. The van der Waals surface area contributed by atoms with Crippen molar-refractivity contribution in [2.45, 2.75) is 6.92 Å². The van der Waals surface area contributed by atoms with E-state index in [-0.39, 0.29) is 5.06 Å². The molecule has 0 bridgehead atoms. The minimum absolute atomic E-state index is 0.252. The molecular weight excluding hydrogens is 134 g/mol. The Balaban J connectivity index is 3.15. The third kappa shape index (κ3) is 1.10. The topological polar surface area (TPSA) is 33.1 Å². The SMILES string of the molecule is C=Cc1nc(C)sc1O. The van der Waals surface area contributed by atoms with E-state index in [1.54, 1.807) is 6.08 Å². The average molecular weight is 141 g/mol. The molecule has 0 unspecified atom stereocenters. The first-order valence-electron chi connectivity index (χ1n) is 2.53. The maximum absolute atomic E-state index is 9.02. The summed E-state index contributed by atoms with van der Waals surface area (Å²) in [6.45, 7) is 5.33. The highest BCUT2D eigenvalue weighted by molar-refractivity contribution is 7.13. The van der Waals surface area contributed by atoms with Gasteiger partial charge in [0.05, 0.1) is 5.01 Å². The van der Waals surface area contributed by atoms with Crippen LogP contribution in [0.15, 0.2) is 6.58 Å². The van der Waals surface area contributed by atoms with Crippen LogP contribution in [0.2, 0.25) is 0 Å². The van der Waals surface area contributed by atoms with Crippen molar-refractivity contribution in [2.75, 3.05) is 0 Å². The van der Waals surface area contributed by atoms with Gasteiger partial charge in [-0.2, -0.15) is 0 Å². The lowest BCUT2D eigenvalue weighted by Gasteiger charge is -1.80. The molecule has 0 saturated heterocycles. The molecule has 1 aromatic rings. The van der Waals surface area contributed by atoms with Crippen molar-refractivity contribution >= 4 is 17.4 Å². The number of nitrogens with zero attached hydrogens (tertiary/aromatic N) is 1. The summed E-state index contributed by atoms with van der Waals surface area (Å²) >= 11 is 1.27. The van der Waals surface area contributed by atoms with Crippen LogP contribution in [0.1, 0.15) is 10.7 Å². The van der Waals surface area contributed by atoms with Gasteiger partial charge < -0.3 is 5.11 Å². The van der Waals surface area contributed by atoms with Gasteiger partial charge in [-0.15, -0.1) is 0 Å². The lowest BCUT2D eigenvalue weighted by Crippen LogP contribution is -1.69. The smallest absolute Gasteiger partial charge is 0.199 e. The summed E-state index contributed by atoms with van der Waals surface area (Å²) in [6.07, 6.45) is 1.54. The summed E-state index contributed by atoms with van der Waals surface area (Å²) in [6, 6.07) is 0. The standard InChI is InChI=1S/C6H7NOS/c1-3-5-6(8)9-4(2)7-5/h3,8H,1H2,2H3. The monoisotopic (exact) mass is 141 g/mol. The predicted octanol–water partition coefficient (Wildman–Crippen LogP) is 1.80. The van der Waals surface area contributed by atoms with Crippen LogP contribution >= 0.6 is 11.3 Å². The first-order chi connectivity index (χ1) is 4.24. The largest absolute Gasteiger partial charge is 0.498 e. The zero-order chi connectivity index (χ0) is 6.85. The molecule has 0 amide bonds. The van der Waals surface area contributed by atoms with Gasteiger partial charge in [-0.1, -0.05) is 17.9 Å². The van der Waals surface area contributed by atoms with E-state index in [0.717, 1.165) is 5.01 Å². The first-order valence-corrected chi connectivity index (χ1v) is 3.34. The molecule has 0 radical (unpaired) electrons. The number of hydrogen-bond acceptors (Lipinski definition) is 3. The van der Waals surface area contributed by atoms with Crippen LogP contribution in [0.3, 0.4) is 0 Å². The Morgan fingerprint density at radius 3 is 2.67 bits per heavy atom. The molecule has 0 atom stereocenters. The van der Waals surface area contributed by atoms with Gasteiger partial charge >= 0.3 is 0 Å². The maximum Gasteiger partial charge on any atom is 0.199 e. The maximum atomic E-state index is 9.02. The summed E-state index contributed by atoms with van der Waals surface area (Å²) in [5.41, 5.74) is 0.581. The first kappa shape index (κ1) is 6.29. The van der Waals surface area contributed by atoms with Crippen LogP contribution in [0.4, 0.5) is 0 Å². The zero-order valence-electron chi connectivity index (χ0n) is 5.09. The molecule has 3 heteroatoms. The number of aromatic hydroxyl groups is 1. The molecule has 0 spiro atoms. The van der Waals surface area contributed by atoms with Crippen LogP contribution in [-0.2, 0) is 0 Å². The Bertz CT molecular complexity index is 229. The Labute approximate surface area is 57.5 Å². The Morgan fingerprint density at radius 2 is 2.44 bits per heavy atom. The Morgan fingerprint density at radius 1 is 1.78 bits per heavy atom. The number of thiazole rings is 1. The van der Waals surface area contributed by atoms with E-state index in [1.807, 2.05) is 6.92 Å². The van der Waals surface area contributed by atoms with E-state index in [0.29, 0.717) is 5.69 Å². The fourth-order valence-corrected chi connectivity index (χ4v) is 1.22. The molecule has 0 aliphatic rings. The molecule has 0 aliphatic heterocycles. The van der Waals surface area contributed by atoms with Crippen molar-refractivity contribution in [3.05, 3.63) is 17.3 Å². The van der Waals surface area contributed by atoms with Gasteiger partial charge in [0.15, 0.2) is 5.06 Å². The van der Waals surface area contributed by atoms with Crippen LogP contribution in [-0.4, -0.2) is 10.1 Å². The third-order valence-electron chi connectivity index (χ3n) is 0.935. The fourth-order valence-electron chi connectivity index (χ4n) is 0.565. The number of aromatic nitrogens is 1. The number of aryl methyl sites for hydroxylation is 1. The van der Waals surface area contributed by atoms with Gasteiger partial charge in [-0.05, 0) is 13.0 Å². The molecule has 1 aromatic heterocycles. The van der Waals surface area contributed by atoms with Gasteiger partial charge in [0.1, 0.15) is 5.69 Å². The second-order valence-corrected chi connectivity index (χ2v) is 2.81. The van der Waals surface area contributed by atoms with Gasteiger partial charge in [0, 0.05) is 0 Å². The van der Waals surface area contributed by atoms with Gasteiger partial charge in [0.2, 0.25) is 0 Å². The molecule has 1 heterocycles. The summed E-state index contributed by atoms with van der Waals surface area (Å²) in [5.74, 6) is 0. The van der Waals surface area contributed by atoms with Gasteiger partial charge in [-0.25, -0.2) is 4.98 Å². The normalized spacial score (nSPS) is 9.44. The van der Waals surface area contributed by atoms with E-state index in [2.05, 4.69) is 11.6 Å². The number of rotatable bonds is 1. The second kappa shape index (κ2) is 2.19. The molecule has 0 aliphatic carbocycles. The van der Waals surface area contributed by atoms with Gasteiger partial charge in [-0.3, -0.25) is 0 Å². The quantitative estimate of drug-likeness (QED) is 0.647. The van der Waals surface area contributed by atoms with Crippen molar-refractivity contribution < 1.29 is 5.11 Å². The van der Waals surface area contributed by atoms with Gasteiger partial charge in [0.25, 0.3) is 0 Å². The number of hydrogen-bond donors (Lipinski definition) is 1. The van der Waals surface area contributed by atoms with Crippen molar-refractivity contribution in [3.63, 3.8) is 0 Å². The molecule has 1 N–H and O–H groups in total. The molecular formula is C6H7NOS. The highest BCUT2D eigenvalue weighted by atomic mass is 32.1. The molecule has 1 rings (SSSR count). The minimum atomic E-state index is 0.252. The van der Waals surface area contributed by atoms with Crippen molar-refractivity contribution in [1.82, 2.24) is 4.98 Å². The summed E-state index contributed by atoms with van der Waals surface area (Å²) in [7, 11) is 0. The Hall–Kier alpha value is -0.830.